The highest BCUT2D eigenvalue weighted by Crippen LogP contribution is 2.71. The number of hydrogen-bond acceptors (Lipinski definition) is 4. The van der Waals surface area contributed by atoms with E-state index in [1.54, 1.807) is 0 Å². The maximum atomic E-state index is 11.2. The highest BCUT2D eigenvalue weighted by Gasteiger charge is 2.69. The monoisotopic (exact) mass is 432 g/mol. The van der Waals surface area contributed by atoms with Crippen LogP contribution in [-0.4, -0.2) is 40.9 Å². The summed E-state index contributed by atoms with van der Waals surface area (Å²) in [6, 6.07) is 0. The van der Waals surface area contributed by atoms with Crippen LogP contribution in [0.25, 0.3) is 0 Å². The molecule has 4 aliphatic carbocycles. The molecule has 2 saturated heterocycles. The largest absolute Gasteiger partial charge is 0.393 e. The van der Waals surface area contributed by atoms with E-state index in [0.29, 0.717) is 59.4 Å². The van der Waals surface area contributed by atoms with Crippen LogP contribution in [0.2, 0.25) is 0 Å². The van der Waals surface area contributed by atoms with Gasteiger partial charge in [0, 0.05) is 12.3 Å². The topological polar surface area (TPSA) is 58.9 Å². The lowest BCUT2D eigenvalue weighted by Crippen LogP contribution is -2.59. The summed E-state index contributed by atoms with van der Waals surface area (Å²) in [5.41, 5.74) is 0.320. The van der Waals surface area contributed by atoms with E-state index >= 15 is 0 Å². The van der Waals surface area contributed by atoms with E-state index in [1.807, 2.05) is 0 Å². The van der Waals surface area contributed by atoms with E-state index < -0.39 is 0 Å². The Labute approximate surface area is 188 Å². The number of rotatable bonds is 0. The van der Waals surface area contributed by atoms with Crippen molar-refractivity contribution in [3.8, 4) is 0 Å². The van der Waals surface area contributed by atoms with Crippen LogP contribution >= 0.6 is 0 Å². The molecule has 0 aromatic heterocycles. The van der Waals surface area contributed by atoms with Crippen LogP contribution in [-0.2, 0) is 9.47 Å². The molecule has 1 spiro atoms. The molecular formula is C27H44O4. The van der Waals surface area contributed by atoms with Gasteiger partial charge in [-0.05, 0) is 97.7 Å². The standard InChI is InChI=1S/C27H44O4/c1-15-7-10-27(30-14-15)16(2)24-22(31-27)13-21-19-6-5-17-11-18(28)12-23(29)26(17,4)20(19)8-9-25(21,24)3/h15-24,28-29H,5-14H2,1-4H3/t15-,16+,17+,18-,19-,20+,21+,22+,23-,24?,25+,26+,27?/m1/s1. The molecule has 13 atom stereocenters. The zero-order valence-corrected chi connectivity index (χ0v) is 20.1. The number of aliphatic hydroxyl groups excluding tert-OH is 2. The van der Waals surface area contributed by atoms with Crippen molar-refractivity contribution in [2.24, 2.45) is 52.3 Å². The third-order valence-electron chi connectivity index (χ3n) is 12.0. The molecule has 2 aliphatic heterocycles. The summed E-state index contributed by atoms with van der Waals surface area (Å²) >= 11 is 0. The lowest BCUT2D eigenvalue weighted by molar-refractivity contribution is -0.273. The Morgan fingerprint density at radius 3 is 2.42 bits per heavy atom. The second-order valence-electron chi connectivity index (χ2n) is 13.2. The molecule has 0 radical (unpaired) electrons. The first-order chi connectivity index (χ1) is 14.7. The molecule has 4 nitrogen and oxygen atoms in total. The second-order valence-corrected chi connectivity index (χ2v) is 13.2. The Hall–Kier alpha value is -0.160. The van der Waals surface area contributed by atoms with Gasteiger partial charge < -0.3 is 19.7 Å². The molecule has 0 aromatic rings. The molecule has 6 fully saturated rings. The van der Waals surface area contributed by atoms with E-state index in [-0.39, 0.29) is 23.4 Å². The Morgan fingerprint density at radius 1 is 0.871 bits per heavy atom. The summed E-state index contributed by atoms with van der Waals surface area (Å²) in [4.78, 5) is 0. The normalized spacial score (nSPS) is 63.3. The van der Waals surface area contributed by atoms with E-state index in [0.717, 1.165) is 19.4 Å². The van der Waals surface area contributed by atoms with Gasteiger partial charge in [0.15, 0.2) is 5.79 Å². The Kier molecular flexibility index (Phi) is 4.78. The molecule has 31 heavy (non-hydrogen) atoms. The van der Waals surface area contributed by atoms with Gasteiger partial charge in [-0.2, -0.15) is 0 Å². The maximum Gasteiger partial charge on any atom is 0.171 e. The fourth-order valence-corrected chi connectivity index (χ4v) is 10.3. The zero-order valence-electron chi connectivity index (χ0n) is 20.1. The highest BCUT2D eigenvalue weighted by atomic mass is 16.7. The molecule has 0 aromatic carbocycles. The molecule has 2 heterocycles. The van der Waals surface area contributed by atoms with Crippen LogP contribution in [0, 0.1) is 52.3 Å². The third-order valence-corrected chi connectivity index (χ3v) is 12.0. The van der Waals surface area contributed by atoms with Crippen molar-refractivity contribution in [3.05, 3.63) is 0 Å². The number of hydrogen-bond donors (Lipinski definition) is 2. The molecule has 0 bridgehead atoms. The molecule has 2 N–H and O–H groups in total. The van der Waals surface area contributed by atoms with Crippen molar-refractivity contribution in [1.82, 2.24) is 0 Å². The lowest BCUT2D eigenvalue weighted by Gasteiger charge is -2.62. The van der Waals surface area contributed by atoms with Gasteiger partial charge in [0.1, 0.15) is 0 Å². The fraction of sp³-hybridized carbons (Fsp3) is 1.00. The summed E-state index contributed by atoms with van der Waals surface area (Å²) in [7, 11) is 0. The molecular weight excluding hydrogens is 388 g/mol. The van der Waals surface area contributed by atoms with Crippen LogP contribution in [0.1, 0.15) is 85.5 Å². The predicted molar refractivity (Wildman–Crippen MR) is 119 cm³/mol. The molecule has 6 aliphatic rings. The van der Waals surface area contributed by atoms with Crippen LogP contribution in [0.15, 0.2) is 0 Å². The van der Waals surface area contributed by atoms with Gasteiger partial charge >= 0.3 is 0 Å². The number of ether oxygens (including phenoxy) is 2. The highest BCUT2D eigenvalue weighted by molar-refractivity contribution is 5.16. The van der Waals surface area contributed by atoms with E-state index in [4.69, 9.17) is 9.47 Å². The third kappa shape index (κ3) is 2.74. The number of fused-ring (bicyclic) bond motifs is 7. The Bertz CT molecular complexity index is 716. The minimum absolute atomic E-state index is 0.0164. The summed E-state index contributed by atoms with van der Waals surface area (Å²) in [6.07, 6.45) is 9.56. The smallest absolute Gasteiger partial charge is 0.171 e. The van der Waals surface area contributed by atoms with Gasteiger partial charge in [0.2, 0.25) is 0 Å². The van der Waals surface area contributed by atoms with Crippen LogP contribution < -0.4 is 0 Å². The van der Waals surface area contributed by atoms with Crippen molar-refractivity contribution < 1.29 is 19.7 Å². The quantitative estimate of drug-likeness (QED) is 0.579. The van der Waals surface area contributed by atoms with Crippen molar-refractivity contribution in [1.29, 1.82) is 0 Å². The molecule has 2 unspecified atom stereocenters. The number of aliphatic hydroxyl groups is 2. The Morgan fingerprint density at radius 2 is 1.68 bits per heavy atom. The molecule has 176 valence electrons. The van der Waals surface area contributed by atoms with Gasteiger partial charge in [0.05, 0.1) is 24.9 Å². The minimum Gasteiger partial charge on any atom is -0.393 e. The van der Waals surface area contributed by atoms with Crippen molar-refractivity contribution >= 4 is 0 Å². The fourth-order valence-electron chi connectivity index (χ4n) is 10.3. The first-order valence-corrected chi connectivity index (χ1v) is 13.4. The van der Waals surface area contributed by atoms with Crippen LogP contribution in [0.4, 0.5) is 0 Å². The van der Waals surface area contributed by atoms with Crippen molar-refractivity contribution in [3.63, 3.8) is 0 Å². The summed E-state index contributed by atoms with van der Waals surface area (Å²) in [5, 5.41) is 21.5. The second kappa shape index (κ2) is 6.93. The van der Waals surface area contributed by atoms with Gasteiger partial charge in [-0.15, -0.1) is 0 Å². The SMILES string of the molecule is C[C@@H]1CCC2(OC1)O[C@H]1C[C@H]3[C@@H]4CC[C@H]5C[C@@H](O)C[C@@H](O)[C@]5(C)[C@H]4CC[C@]3(C)C1[C@@H]2C. The van der Waals surface area contributed by atoms with Crippen molar-refractivity contribution in [2.45, 2.75) is 110 Å². The summed E-state index contributed by atoms with van der Waals surface area (Å²) in [6.45, 7) is 10.5. The Balaban J connectivity index is 1.27. The van der Waals surface area contributed by atoms with Gasteiger partial charge in [-0.25, -0.2) is 0 Å². The first kappa shape index (κ1) is 21.4. The van der Waals surface area contributed by atoms with Crippen LogP contribution in [0.5, 0.6) is 0 Å². The first-order valence-electron chi connectivity index (χ1n) is 13.4. The van der Waals surface area contributed by atoms with Gasteiger partial charge in [0.25, 0.3) is 0 Å². The van der Waals surface area contributed by atoms with Gasteiger partial charge in [-0.1, -0.05) is 27.7 Å². The van der Waals surface area contributed by atoms with E-state index in [1.165, 1.54) is 38.5 Å². The zero-order chi connectivity index (χ0) is 21.8. The summed E-state index contributed by atoms with van der Waals surface area (Å²) in [5.74, 6) is 3.89. The molecule has 0 amide bonds. The molecule has 4 heteroatoms. The van der Waals surface area contributed by atoms with Crippen LogP contribution in [0.3, 0.4) is 0 Å². The van der Waals surface area contributed by atoms with E-state index in [2.05, 4.69) is 27.7 Å². The maximum absolute atomic E-state index is 11.2. The van der Waals surface area contributed by atoms with Crippen molar-refractivity contribution in [2.75, 3.05) is 6.61 Å². The van der Waals surface area contributed by atoms with E-state index in [9.17, 15) is 10.2 Å². The molecule has 6 rings (SSSR count). The summed E-state index contributed by atoms with van der Waals surface area (Å²) < 4.78 is 13.3. The minimum atomic E-state index is -0.351. The molecule has 4 saturated carbocycles. The van der Waals surface area contributed by atoms with Gasteiger partial charge in [-0.3, -0.25) is 0 Å². The lowest BCUT2D eigenvalue weighted by atomic mass is 9.43. The predicted octanol–water partition coefficient (Wildman–Crippen LogP) is 4.76. The average molecular weight is 433 g/mol. The average Bonchev–Trinajstić information content (AvgIpc) is 3.16.